The van der Waals surface area contributed by atoms with Crippen LogP contribution >= 0.6 is 0 Å². The molecule has 0 bridgehead atoms. The van der Waals surface area contributed by atoms with Crippen LogP contribution in [0.4, 0.5) is 0 Å². The van der Waals surface area contributed by atoms with Crippen molar-refractivity contribution >= 4 is 23.0 Å². The molecule has 1 aromatic heterocycles. The van der Waals surface area contributed by atoms with Crippen LogP contribution in [-0.2, 0) is 0 Å². The van der Waals surface area contributed by atoms with Gasteiger partial charge in [0.1, 0.15) is 11.4 Å². The Morgan fingerprint density at radius 3 is 2.70 bits per heavy atom. The number of unbranched alkanes of at least 4 members (excludes halogenated alkanes) is 1. The summed E-state index contributed by atoms with van der Waals surface area (Å²) in [6.07, 6.45) is 3.78. The van der Waals surface area contributed by atoms with E-state index in [1.165, 1.54) is 0 Å². The smallest absolute Gasteiger partial charge is 0.288 e. The molecule has 5 heteroatoms. The van der Waals surface area contributed by atoms with E-state index in [-0.39, 0.29) is 5.91 Å². The number of nitrogens with one attached hydrogen (secondary N) is 2. The van der Waals surface area contributed by atoms with Crippen LogP contribution in [0, 0.1) is 13.8 Å². The fourth-order valence-electron chi connectivity index (χ4n) is 2.87. The first-order valence-corrected chi connectivity index (χ1v) is 9.23. The van der Waals surface area contributed by atoms with Gasteiger partial charge in [0.2, 0.25) is 0 Å². The van der Waals surface area contributed by atoms with Crippen molar-refractivity contribution in [1.29, 1.82) is 0 Å². The second-order valence-electron chi connectivity index (χ2n) is 6.64. The van der Waals surface area contributed by atoms with Crippen molar-refractivity contribution < 1.29 is 9.53 Å². The molecule has 0 fully saturated rings. The quantitative estimate of drug-likeness (QED) is 0.362. The van der Waals surface area contributed by atoms with Gasteiger partial charge in [0, 0.05) is 10.9 Å². The highest BCUT2D eigenvalue weighted by atomic mass is 16.5. The number of rotatable bonds is 7. The van der Waals surface area contributed by atoms with Gasteiger partial charge in [-0.25, -0.2) is 5.43 Å². The number of hydrazone groups is 1. The summed E-state index contributed by atoms with van der Waals surface area (Å²) in [5.41, 5.74) is 7.05. The number of amides is 1. The van der Waals surface area contributed by atoms with Crippen LogP contribution in [0.5, 0.6) is 5.75 Å². The van der Waals surface area contributed by atoms with Gasteiger partial charge in [0.15, 0.2) is 0 Å². The minimum absolute atomic E-state index is 0.253. The van der Waals surface area contributed by atoms with Gasteiger partial charge in [-0.15, -0.1) is 0 Å². The first kappa shape index (κ1) is 18.7. The Morgan fingerprint density at radius 2 is 1.96 bits per heavy atom. The molecule has 1 amide bonds. The molecule has 0 saturated carbocycles. The number of H-pyrrole nitrogens is 1. The summed E-state index contributed by atoms with van der Waals surface area (Å²) in [5.74, 6) is 0.589. The van der Waals surface area contributed by atoms with Crippen LogP contribution in [0.3, 0.4) is 0 Å². The number of ether oxygens (including phenoxy) is 1. The van der Waals surface area contributed by atoms with Gasteiger partial charge < -0.3 is 9.72 Å². The summed E-state index contributed by atoms with van der Waals surface area (Å²) in [4.78, 5) is 15.6. The summed E-state index contributed by atoms with van der Waals surface area (Å²) in [6, 6.07) is 13.7. The topological polar surface area (TPSA) is 66.5 Å². The lowest BCUT2D eigenvalue weighted by Gasteiger charge is -2.04. The second-order valence-corrected chi connectivity index (χ2v) is 6.64. The van der Waals surface area contributed by atoms with E-state index in [2.05, 4.69) is 28.5 Å². The van der Waals surface area contributed by atoms with Crippen molar-refractivity contribution in [2.75, 3.05) is 6.61 Å². The molecular formula is C22H25N3O2. The molecule has 3 rings (SSSR count). The third kappa shape index (κ3) is 4.56. The molecule has 140 valence electrons. The molecule has 0 radical (unpaired) electrons. The van der Waals surface area contributed by atoms with Crippen LogP contribution < -0.4 is 10.2 Å². The van der Waals surface area contributed by atoms with Crippen molar-refractivity contribution in [2.45, 2.75) is 33.6 Å². The van der Waals surface area contributed by atoms with Crippen LogP contribution in [0.1, 0.15) is 46.9 Å². The molecule has 0 aliphatic heterocycles. The van der Waals surface area contributed by atoms with E-state index in [1.54, 1.807) is 6.21 Å². The minimum Gasteiger partial charge on any atom is -0.494 e. The van der Waals surface area contributed by atoms with Crippen molar-refractivity contribution in [1.82, 2.24) is 10.4 Å². The monoisotopic (exact) mass is 363 g/mol. The van der Waals surface area contributed by atoms with E-state index in [1.807, 2.05) is 50.2 Å². The number of aryl methyl sites for hydroxylation is 2. The SMILES string of the molecule is CCCCOc1ccc(C=NNC(=O)c2[nH]c3ccc(C)cc3c2C)cc1. The Hall–Kier alpha value is -3.08. The summed E-state index contributed by atoms with van der Waals surface area (Å²) in [7, 11) is 0. The number of carbonyl (C=O) groups is 1. The highest BCUT2D eigenvalue weighted by molar-refractivity contribution is 6.01. The van der Waals surface area contributed by atoms with Gasteiger partial charge in [-0.05, 0) is 67.8 Å². The largest absolute Gasteiger partial charge is 0.494 e. The Morgan fingerprint density at radius 1 is 1.19 bits per heavy atom. The van der Waals surface area contributed by atoms with E-state index >= 15 is 0 Å². The predicted octanol–water partition coefficient (Wildman–Crippen LogP) is 4.73. The maximum Gasteiger partial charge on any atom is 0.288 e. The Bertz CT molecular complexity index is 956. The molecular weight excluding hydrogens is 338 g/mol. The van der Waals surface area contributed by atoms with E-state index in [4.69, 9.17) is 4.74 Å². The fraction of sp³-hybridized carbons (Fsp3) is 0.273. The van der Waals surface area contributed by atoms with Gasteiger partial charge in [0.05, 0.1) is 12.8 Å². The normalized spacial score (nSPS) is 11.2. The molecule has 0 aliphatic carbocycles. The van der Waals surface area contributed by atoms with E-state index < -0.39 is 0 Å². The standard InChI is InChI=1S/C22H25N3O2/c1-4-5-12-27-18-9-7-17(8-10-18)14-23-25-22(26)21-16(3)19-13-15(2)6-11-20(19)24-21/h6-11,13-14,24H,4-5,12H2,1-3H3,(H,25,26). The number of aromatic nitrogens is 1. The zero-order valence-corrected chi connectivity index (χ0v) is 16.0. The van der Waals surface area contributed by atoms with Gasteiger partial charge in [-0.1, -0.05) is 25.0 Å². The number of carbonyl (C=O) groups excluding carboxylic acids is 1. The molecule has 2 aromatic carbocycles. The molecule has 5 nitrogen and oxygen atoms in total. The number of hydrogen-bond acceptors (Lipinski definition) is 3. The third-order valence-corrected chi connectivity index (χ3v) is 4.47. The molecule has 0 unspecified atom stereocenters. The number of hydrogen-bond donors (Lipinski definition) is 2. The van der Waals surface area contributed by atoms with Crippen LogP contribution in [-0.4, -0.2) is 23.7 Å². The molecule has 1 heterocycles. The Balaban J connectivity index is 1.62. The number of nitrogens with zero attached hydrogens (tertiary/aromatic N) is 1. The lowest BCUT2D eigenvalue weighted by molar-refractivity contribution is 0.0950. The van der Waals surface area contributed by atoms with Gasteiger partial charge >= 0.3 is 0 Å². The molecule has 27 heavy (non-hydrogen) atoms. The van der Waals surface area contributed by atoms with Crippen LogP contribution in [0.15, 0.2) is 47.6 Å². The van der Waals surface area contributed by atoms with Crippen molar-refractivity contribution in [3.05, 3.63) is 64.8 Å². The molecule has 0 aliphatic rings. The van der Waals surface area contributed by atoms with Gasteiger partial charge in [-0.3, -0.25) is 4.79 Å². The van der Waals surface area contributed by atoms with E-state index in [0.29, 0.717) is 5.69 Å². The minimum atomic E-state index is -0.253. The summed E-state index contributed by atoms with van der Waals surface area (Å²) in [6.45, 7) is 6.84. The average Bonchev–Trinajstić information content (AvgIpc) is 2.99. The summed E-state index contributed by atoms with van der Waals surface area (Å²) in [5, 5.41) is 5.12. The van der Waals surface area contributed by atoms with Crippen molar-refractivity contribution in [3.63, 3.8) is 0 Å². The van der Waals surface area contributed by atoms with Crippen LogP contribution in [0.25, 0.3) is 10.9 Å². The summed E-state index contributed by atoms with van der Waals surface area (Å²) < 4.78 is 5.63. The lowest BCUT2D eigenvalue weighted by atomic mass is 10.1. The van der Waals surface area contributed by atoms with Crippen molar-refractivity contribution in [3.8, 4) is 5.75 Å². The summed E-state index contributed by atoms with van der Waals surface area (Å²) >= 11 is 0. The number of benzene rings is 2. The number of aromatic amines is 1. The third-order valence-electron chi connectivity index (χ3n) is 4.47. The van der Waals surface area contributed by atoms with E-state index in [0.717, 1.165) is 52.8 Å². The predicted molar refractivity (Wildman–Crippen MR) is 110 cm³/mol. The van der Waals surface area contributed by atoms with E-state index in [9.17, 15) is 4.79 Å². The molecule has 0 atom stereocenters. The maximum atomic E-state index is 12.4. The fourth-order valence-corrected chi connectivity index (χ4v) is 2.87. The lowest BCUT2D eigenvalue weighted by Crippen LogP contribution is -2.18. The second kappa shape index (κ2) is 8.54. The first-order valence-electron chi connectivity index (χ1n) is 9.23. The zero-order chi connectivity index (χ0) is 19.2. The van der Waals surface area contributed by atoms with Crippen LogP contribution in [0.2, 0.25) is 0 Å². The van der Waals surface area contributed by atoms with Gasteiger partial charge in [-0.2, -0.15) is 5.10 Å². The molecule has 0 saturated heterocycles. The van der Waals surface area contributed by atoms with Gasteiger partial charge in [0.25, 0.3) is 5.91 Å². The molecule has 2 N–H and O–H groups in total. The Kier molecular flexibility index (Phi) is 5.91. The maximum absolute atomic E-state index is 12.4. The van der Waals surface area contributed by atoms with Crippen molar-refractivity contribution in [2.24, 2.45) is 5.10 Å². The number of fused-ring (bicyclic) bond motifs is 1. The Labute approximate surface area is 159 Å². The molecule has 0 spiro atoms. The average molecular weight is 363 g/mol. The molecule has 3 aromatic rings. The zero-order valence-electron chi connectivity index (χ0n) is 16.0. The highest BCUT2D eigenvalue weighted by Crippen LogP contribution is 2.22. The first-order chi connectivity index (χ1) is 13.1. The highest BCUT2D eigenvalue weighted by Gasteiger charge is 2.14.